The van der Waals surface area contributed by atoms with Gasteiger partial charge in [-0.2, -0.15) is 13.2 Å². The number of nitrogens with zero attached hydrogens (tertiary/aromatic N) is 2. The second-order valence-electron chi connectivity index (χ2n) is 5.07. The fraction of sp³-hybridized carbons (Fsp3) is 0.133. The summed E-state index contributed by atoms with van der Waals surface area (Å²) in [6.07, 6.45) is -4.92. The molecule has 0 aromatic heterocycles. The fourth-order valence-corrected chi connectivity index (χ4v) is 1.99. The molecule has 142 valence electrons. The van der Waals surface area contributed by atoms with Gasteiger partial charge in [-0.25, -0.2) is 0 Å². The van der Waals surface area contributed by atoms with Crippen molar-refractivity contribution in [1.82, 2.24) is 0 Å². The number of carbonyl (C=O) groups is 1. The molecule has 1 amide bonds. The van der Waals surface area contributed by atoms with Crippen LogP contribution in [-0.2, 0) is 11.0 Å². The van der Waals surface area contributed by atoms with Crippen LogP contribution < -0.4 is 10.1 Å². The molecule has 12 heteroatoms. The van der Waals surface area contributed by atoms with E-state index < -0.39 is 45.5 Å². The molecule has 0 atom stereocenters. The number of hydrogen-bond donors (Lipinski definition) is 1. The maximum atomic E-state index is 13.0. The Balaban J connectivity index is 2.08. The third kappa shape index (κ3) is 5.14. The van der Waals surface area contributed by atoms with E-state index in [2.05, 4.69) is 0 Å². The van der Waals surface area contributed by atoms with Gasteiger partial charge < -0.3 is 10.1 Å². The summed E-state index contributed by atoms with van der Waals surface area (Å²) >= 11 is 0. The predicted octanol–water partition coefficient (Wildman–Crippen LogP) is 3.54. The first-order chi connectivity index (χ1) is 12.6. The lowest BCUT2D eigenvalue weighted by molar-refractivity contribution is -0.385. The van der Waals surface area contributed by atoms with Gasteiger partial charge in [-0.05, 0) is 18.2 Å². The van der Waals surface area contributed by atoms with E-state index in [-0.39, 0.29) is 11.4 Å². The average Bonchev–Trinajstić information content (AvgIpc) is 2.59. The van der Waals surface area contributed by atoms with E-state index in [1.165, 1.54) is 12.1 Å². The van der Waals surface area contributed by atoms with Crippen molar-refractivity contribution in [2.24, 2.45) is 0 Å². The molecule has 1 N–H and O–H groups in total. The lowest BCUT2D eigenvalue weighted by Gasteiger charge is -2.14. The van der Waals surface area contributed by atoms with Crippen LogP contribution in [0, 0.1) is 20.2 Å². The van der Waals surface area contributed by atoms with Crippen LogP contribution in [0.3, 0.4) is 0 Å². The van der Waals surface area contributed by atoms with E-state index in [0.29, 0.717) is 6.07 Å². The molecule has 9 nitrogen and oxygen atoms in total. The normalized spacial score (nSPS) is 10.9. The summed E-state index contributed by atoms with van der Waals surface area (Å²) in [6, 6.07) is 6.60. The van der Waals surface area contributed by atoms with Crippen molar-refractivity contribution in [3.05, 3.63) is 68.3 Å². The lowest BCUT2D eigenvalue weighted by atomic mass is 10.1. The van der Waals surface area contributed by atoms with Gasteiger partial charge in [0.15, 0.2) is 6.61 Å². The van der Waals surface area contributed by atoms with Gasteiger partial charge in [-0.3, -0.25) is 25.0 Å². The van der Waals surface area contributed by atoms with Crippen LogP contribution in [0.1, 0.15) is 5.56 Å². The Kier molecular flexibility index (Phi) is 5.58. The van der Waals surface area contributed by atoms with Crippen LogP contribution in [0.15, 0.2) is 42.5 Å². The van der Waals surface area contributed by atoms with Gasteiger partial charge in [-0.15, -0.1) is 0 Å². The molecular weight excluding hydrogens is 375 g/mol. The minimum atomic E-state index is -4.92. The summed E-state index contributed by atoms with van der Waals surface area (Å²) in [5.41, 5.74) is -3.01. The second-order valence-corrected chi connectivity index (χ2v) is 5.07. The number of hydrogen-bond acceptors (Lipinski definition) is 6. The van der Waals surface area contributed by atoms with E-state index in [4.69, 9.17) is 4.74 Å². The van der Waals surface area contributed by atoms with Gasteiger partial charge in [0.25, 0.3) is 17.3 Å². The molecule has 2 aromatic rings. The fourth-order valence-electron chi connectivity index (χ4n) is 1.99. The number of alkyl halides is 3. The summed E-state index contributed by atoms with van der Waals surface area (Å²) in [6.45, 7) is -0.675. The molecule has 0 bridgehead atoms. The number of non-ortho nitro benzene ring substituents is 2. The zero-order chi connectivity index (χ0) is 20.2. The van der Waals surface area contributed by atoms with Crippen LogP contribution in [0.2, 0.25) is 0 Å². The van der Waals surface area contributed by atoms with Gasteiger partial charge >= 0.3 is 6.18 Å². The Morgan fingerprint density at radius 2 is 1.56 bits per heavy atom. The van der Waals surface area contributed by atoms with Gasteiger partial charge in [-0.1, -0.05) is 0 Å². The Labute approximate surface area is 148 Å². The van der Waals surface area contributed by atoms with Crippen LogP contribution in [0.4, 0.5) is 30.2 Å². The maximum Gasteiger partial charge on any atom is 0.418 e. The molecule has 0 saturated carbocycles. The highest BCUT2D eigenvalue weighted by atomic mass is 19.4. The summed E-state index contributed by atoms with van der Waals surface area (Å²) < 4.78 is 44.1. The highest BCUT2D eigenvalue weighted by Gasteiger charge is 2.35. The zero-order valence-corrected chi connectivity index (χ0v) is 13.2. The maximum absolute atomic E-state index is 13.0. The predicted molar refractivity (Wildman–Crippen MR) is 85.3 cm³/mol. The first-order valence-electron chi connectivity index (χ1n) is 7.10. The van der Waals surface area contributed by atoms with Crippen LogP contribution in [0.5, 0.6) is 5.75 Å². The molecule has 0 unspecified atom stereocenters. The summed E-state index contributed by atoms with van der Waals surface area (Å²) in [5.74, 6) is -0.858. The number of ether oxygens (including phenoxy) is 1. The molecular formula is C15H10F3N3O6. The Morgan fingerprint density at radius 1 is 1.00 bits per heavy atom. The average molecular weight is 385 g/mol. The topological polar surface area (TPSA) is 125 Å². The quantitative estimate of drug-likeness (QED) is 0.599. The summed E-state index contributed by atoms with van der Waals surface area (Å²) in [7, 11) is 0. The highest BCUT2D eigenvalue weighted by Crippen LogP contribution is 2.37. The Hall–Kier alpha value is -3.70. The lowest BCUT2D eigenvalue weighted by Crippen LogP contribution is -2.22. The molecule has 0 saturated heterocycles. The van der Waals surface area contributed by atoms with Gasteiger partial charge in [0.1, 0.15) is 5.75 Å². The second kappa shape index (κ2) is 7.68. The van der Waals surface area contributed by atoms with Gasteiger partial charge in [0.2, 0.25) is 0 Å². The van der Waals surface area contributed by atoms with E-state index in [1.54, 1.807) is 0 Å². The Morgan fingerprint density at radius 3 is 2.07 bits per heavy atom. The summed E-state index contributed by atoms with van der Waals surface area (Å²) in [4.78, 5) is 31.3. The van der Waals surface area contributed by atoms with E-state index >= 15 is 0 Å². The molecule has 0 aliphatic rings. The number of halogens is 3. The van der Waals surface area contributed by atoms with E-state index in [0.717, 1.165) is 24.3 Å². The smallest absolute Gasteiger partial charge is 0.418 e. The molecule has 0 radical (unpaired) electrons. The number of nitrogens with one attached hydrogen (secondary N) is 1. The van der Waals surface area contributed by atoms with Gasteiger partial charge in [0, 0.05) is 24.3 Å². The van der Waals surface area contributed by atoms with Crippen molar-refractivity contribution in [2.75, 3.05) is 11.9 Å². The number of carbonyl (C=O) groups excluding carboxylic acids is 1. The number of anilines is 1. The standard InChI is InChI=1S/C15H10F3N3O6/c16-15(17,18)12-7-10(21(25)26)3-6-13(12)19-14(22)8-27-11-4-1-9(2-5-11)20(23)24/h1-7H,8H2,(H,19,22). The van der Waals surface area contributed by atoms with Crippen molar-refractivity contribution < 1.29 is 32.5 Å². The van der Waals surface area contributed by atoms with Crippen molar-refractivity contribution >= 4 is 23.0 Å². The molecule has 0 fully saturated rings. The van der Waals surface area contributed by atoms with Crippen molar-refractivity contribution in [2.45, 2.75) is 6.18 Å². The van der Waals surface area contributed by atoms with Crippen molar-refractivity contribution in [1.29, 1.82) is 0 Å². The van der Waals surface area contributed by atoms with Crippen LogP contribution in [-0.4, -0.2) is 22.4 Å². The van der Waals surface area contributed by atoms with Gasteiger partial charge in [0.05, 0.1) is 21.1 Å². The molecule has 27 heavy (non-hydrogen) atoms. The molecule has 0 spiro atoms. The number of amides is 1. The van der Waals surface area contributed by atoms with Crippen molar-refractivity contribution in [3.63, 3.8) is 0 Å². The van der Waals surface area contributed by atoms with Crippen LogP contribution >= 0.6 is 0 Å². The molecule has 2 aromatic carbocycles. The minimum Gasteiger partial charge on any atom is -0.484 e. The number of nitro benzene ring substituents is 2. The first-order valence-corrected chi connectivity index (χ1v) is 7.10. The van der Waals surface area contributed by atoms with Crippen LogP contribution in [0.25, 0.3) is 0 Å². The number of nitro groups is 2. The van der Waals surface area contributed by atoms with Crippen molar-refractivity contribution in [3.8, 4) is 5.75 Å². The highest BCUT2D eigenvalue weighted by molar-refractivity contribution is 5.93. The molecule has 0 aliphatic carbocycles. The molecule has 2 rings (SSSR count). The SMILES string of the molecule is O=C(COc1ccc([N+](=O)[O-])cc1)Nc1ccc([N+](=O)[O-])cc1C(F)(F)F. The minimum absolute atomic E-state index is 0.0931. The number of benzene rings is 2. The van der Waals surface area contributed by atoms with E-state index in [9.17, 15) is 38.2 Å². The largest absolute Gasteiger partial charge is 0.484 e. The molecule has 0 heterocycles. The summed E-state index contributed by atoms with van der Waals surface area (Å²) in [5, 5.41) is 23.1. The third-order valence-electron chi connectivity index (χ3n) is 3.21. The monoisotopic (exact) mass is 385 g/mol. The Bertz CT molecular complexity index is 883. The molecule has 0 aliphatic heterocycles. The first kappa shape index (κ1) is 19.6. The third-order valence-corrected chi connectivity index (χ3v) is 3.21. The number of rotatable bonds is 6. The van der Waals surface area contributed by atoms with E-state index in [1.807, 2.05) is 5.32 Å². The zero-order valence-electron chi connectivity index (χ0n) is 13.2.